The Morgan fingerprint density at radius 2 is 1.67 bits per heavy atom. The van der Waals surface area contributed by atoms with E-state index in [4.69, 9.17) is 10.5 Å². The summed E-state index contributed by atoms with van der Waals surface area (Å²) in [6.45, 7) is 8.99. The molecule has 3 aliphatic carbocycles. The number of nitrogens with two attached hydrogens (primary N) is 1. The first-order valence-electron chi connectivity index (χ1n) is 15.7. The zero-order valence-electron chi connectivity index (χ0n) is 26.4. The summed E-state index contributed by atoms with van der Waals surface area (Å²) in [5.74, 6) is -2.22. The van der Waals surface area contributed by atoms with Gasteiger partial charge in [-0.3, -0.25) is 14.4 Å². The summed E-state index contributed by atoms with van der Waals surface area (Å²) >= 11 is 0. The van der Waals surface area contributed by atoms with Crippen molar-refractivity contribution in [3.05, 3.63) is 53.3 Å². The number of nitrogens with one attached hydrogen (secondary N) is 1. The lowest BCUT2D eigenvalue weighted by molar-refractivity contribution is -0.149. The summed E-state index contributed by atoms with van der Waals surface area (Å²) in [5, 5.41) is 3.04. The van der Waals surface area contributed by atoms with Crippen LogP contribution in [0.25, 0.3) is 0 Å². The van der Waals surface area contributed by atoms with Gasteiger partial charge in [-0.25, -0.2) is 12.8 Å². The van der Waals surface area contributed by atoms with E-state index in [1.54, 1.807) is 24.3 Å². The molecule has 1 aliphatic heterocycles. The highest BCUT2D eigenvalue weighted by Gasteiger charge is 2.54. The molecular weight excluding hydrogens is 599 g/mol. The average Bonchev–Trinajstić information content (AvgIpc) is 3.07. The van der Waals surface area contributed by atoms with E-state index in [0.717, 1.165) is 12.1 Å². The fraction of sp³-hybridized carbons (Fsp3) is 0.545. The molecule has 2 aromatic rings. The molecule has 244 valence electrons. The lowest BCUT2D eigenvalue weighted by atomic mass is 9.56. The van der Waals surface area contributed by atoms with Gasteiger partial charge in [0.1, 0.15) is 11.6 Å². The van der Waals surface area contributed by atoms with E-state index in [1.165, 1.54) is 4.90 Å². The summed E-state index contributed by atoms with van der Waals surface area (Å²) < 4.78 is 47.8. The van der Waals surface area contributed by atoms with Crippen molar-refractivity contribution >= 4 is 33.2 Å². The lowest BCUT2D eigenvalue weighted by Gasteiger charge is -2.53. The third kappa shape index (κ3) is 6.31. The van der Waals surface area contributed by atoms with Crippen molar-refractivity contribution in [2.45, 2.75) is 95.3 Å². The van der Waals surface area contributed by atoms with Crippen molar-refractivity contribution in [3.63, 3.8) is 0 Å². The van der Waals surface area contributed by atoms with Crippen LogP contribution in [0.2, 0.25) is 0 Å². The molecule has 3 fully saturated rings. The fourth-order valence-corrected chi connectivity index (χ4v) is 8.60. The number of benzene rings is 2. The number of sulfone groups is 1. The van der Waals surface area contributed by atoms with Gasteiger partial charge in [-0.2, -0.15) is 0 Å². The van der Waals surface area contributed by atoms with Crippen LogP contribution in [0.4, 0.5) is 10.1 Å². The molecule has 0 spiro atoms. The molecule has 0 unspecified atom stereocenters. The highest BCUT2D eigenvalue weighted by Crippen LogP contribution is 2.53. The van der Waals surface area contributed by atoms with Crippen LogP contribution >= 0.6 is 0 Å². The highest BCUT2D eigenvalue weighted by atomic mass is 32.2. The van der Waals surface area contributed by atoms with Gasteiger partial charge in [-0.05, 0) is 96.0 Å². The number of fused-ring (bicyclic) bond motifs is 4. The van der Waals surface area contributed by atoms with E-state index in [1.807, 2.05) is 32.6 Å². The number of hydrogen-bond donors (Lipinski definition) is 2. The molecule has 0 aromatic heterocycles. The van der Waals surface area contributed by atoms with Gasteiger partial charge in [0.15, 0.2) is 9.84 Å². The maximum atomic E-state index is 15.6. The Labute approximate surface area is 264 Å². The number of anilines is 1. The predicted octanol–water partition coefficient (Wildman–Crippen LogP) is 3.95. The molecule has 1 atom stereocenters. The second-order valence-corrected chi connectivity index (χ2v) is 14.9. The maximum Gasteiger partial charge on any atom is 0.254 e. The summed E-state index contributed by atoms with van der Waals surface area (Å²) in [4.78, 5) is 43.1. The topological polar surface area (TPSA) is 139 Å². The third-order valence-corrected chi connectivity index (χ3v) is 11.5. The molecule has 3 amide bonds. The molecule has 3 saturated carbocycles. The zero-order chi connectivity index (χ0) is 32.7. The molecule has 45 heavy (non-hydrogen) atoms. The first-order valence-corrected chi connectivity index (χ1v) is 17.4. The van der Waals surface area contributed by atoms with Crippen LogP contribution in [0.1, 0.15) is 82.1 Å². The molecule has 2 bridgehead atoms. The second kappa shape index (κ2) is 12.4. The quantitative estimate of drug-likeness (QED) is 0.422. The molecule has 6 rings (SSSR count). The van der Waals surface area contributed by atoms with Gasteiger partial charge in [0.05, 0.1) is 40.6 Å². The Morgan fingerprint density at radius 3 is 2.22 bits per heavy atom. The van der Waals surface area contributed by atoms with Crippen LogP contribution in [-0.4, -0.2) is 67.6 Å². The summed E-state index contributed by atoms with van der Waals surface area (Å²) in [5.41, 5.74) is 5.24. The number of rotatable bonds is 9. The Hall–Kier alpha value is -3.51. The molecule has 12 heteroatoms. The van der Waals surface area contributed by atoms with E-state index >= 15 is 4.39 Å². The number of nitrogens with zero attached hydrogens (tertiary/aromatic N) is 2. The monoisotopic (exact) mass is 642 g/mol. The maximum absolute atomic E-state index is 15.6. The molecule has 10 nitrogen and oxygen atoms in total. The number of ether oxygens (including phenoxy) is 1. The van der Waals surface area contributed by atoms with Gasteiger partial charge in [0.2, 0.25) is 11.8 Å². The molecule has 0 radical (unpaired) electrons. The van der Waals surface area contributed by atoms with Gasteiger partial charge >= 0.3 is 0 Å². The van der Waals surface area contributed by atoms with Gasteiger partial charge in [-0.1, -0.05) is 12.1 Å². The van der Waals surface area contributed by atoms with Crippen molar-refractivity contribution in [2.75, 3.05) is 23.7 Å². The van der Waals surface area contributed by atoms with E-state index in [2.05, 4.69) is 5.32 Å². The van der Waals surface area contributed by atoms with Crippen molar-refractivity contribution < 1.29 is 31.9 Å². The number of hydrogen-bond acceptors (Lipinski definition) is 7. The number of carbonyl (C=O) groups is 3. The fourth-order valence-electron chi connectivity index (χ4n) is 7.03. The average molecular weight is 643 g/mol. The Bertz CT molecular complexity index is 1560. The largest absolute Gasteiger partial charge is 0.491 e. The lowest BCUT2D eigenvalue weighted by Crippen LogP contribution is -2.60. The van der Waals surface area contributed by atoms with Gasteiger partial charge in [0.25, 0.3) is 5.91 Å². The van der Waals surface area contributed by atoms with Crippen LogP contribution in [0.3, 0.4) is 0 Å². The Kier molecular flexibility index (Phi) is 9.02. The number of carbonyl (C=O) groups excluding carboxylic acids is 3. The molecular formula is C33H43FN4O6S. The highest BCUT2D eigenvalue weighted by molar-refractivity contribution is 7.91. The summed E-state index contributed by atoms with van der Waals surface area (Å²) in [7, 11) is -4.15. The van der Waals surface area contributed by atoms with Crippen LogP contribution in [0.15, 0.2) is 41.3 Å². The zero-order valence-corrected chi connectivity index (χ0v) is 27.2. The second-order valence-electron chi connectivity index (χ2n) is 12.9. The predicted molar refractivity (Wildman–Crippen MR) is 168 cm³/mol. The van der Waals surface area contributed by atoms with E-state index in [0.29, 0.717) is 62.9 Å². The van der Waals surface area contributed by atoms with E-state index in [-0.39, 0.29) is 34.7 Å². The van der Waals surface area contributed by atoms with E-state index in [9.17, 15) is 22.8 Å². The SMILES string of the molecule is CCN(CC)C(=O)C12CCC(NC(=O)c3cc4c(cc3F)S(=O)(=O)C[C@H](N)C(=O)N4Cc3ccc(OC(C)C)cc3)(CC1)CC2. The molecule has 4 aliphatic rings. The van der Waals surface area contributed by atoms with Gasteiger partial charge in [0, 0.05) is 24.0 Å². The number of halogens is 1. The first-order chi connectivity index (χ1) is 21.2. The molecule has 2 aromatic carbocycles. The van der Waals surface area contributed by atoms with Gasteiger partial charge < -0.3 is 25.6 Å². The summed E-state index contributed by atoms with van der Waals surface area (Å²) in [6.07, 6.45) is 3.63. The summed E-state index contributed by atoms with van der Waals surface area (Å²) in [6, 6.07) is 7.61. The van der Waals surface area contributed by atoms with E-state index < -0.39 is 50.2 Å². The van der Waals surface area contributed by atoms with Gasteiger partial charge in [-0.15, -0.1) is 0 Å². The van der Waals surface area contributed by atoms with Crippen molar-refractivity contribution in [1.29, 1.82) is 0 Å². The van der Waals surface area contributed by atoms with Crippen LogP contribution < -0.4 is 20.7 Å². The van der Waals surface area contributed by atoms with Crippen LogP contribution in [0, 0.1) is 11.2 Å². The minimum Gasteiger partial charge on any atom is -0.491 e. The first kappa shape index (κ1) is 32.9. The molecule has 1 heterocycles. The smallest absolute Gasteiger partial charge is 0.254 e. The van der Waals surface area contributed by atoms with Crippen molar-refractivity contribution in [2.24, 2.45) is 11.1 Å². The normalized spacial score (nSPS) is 25.4. The van der Waals surface area contributed by atoms with Crippen LogP contribution in [-0.2, 0) is 26.0 Å². The number of amides is 3. The molecule has 3 N–H and O–H groups in total. The Balaban J connectivity index is 1.43. The Morgan fingerprint density at radius 1 is 1.07 bits per heavy atom. The van der Waals surface area contributed by atoms with Crippen molar-refractivity contribution in [3.8, 4) is 5.75 Å². The minimum absolute atomic E-state index is 0.0307. The standard InChI is InChI=1S/C33H43FN4O6S/c1-5-37(6-2)31(41)32-11-14-33(15-12-32,16-13-32)36-29(39)24-17-27-28(18-25(24)34)45(42,43)20-26(35)30(40)38(27)19-22-7-9-23(10-8-22)44-21(3)4/h7-10,17-18,21,26H,5-6,11-16,19-20,35H2,1-4H3,(H,36,39)/t26-,32?,33?/m0/s1. The minimum atomic E-state index is -4.15. The van der Waals surface area contributed by atoms with Crippen LogP contribution in [0.5, 0.6) is 5.75 Å². The third-order valence-electron chi connectivity index (χ3n) is 9.67. The van der Waals surface area contributed by atoms with Crippen molar-refractivity contribution in [1.82, 2.24) is 10.2 Å². The molecule has 0 saturated heterocycles.